The maximum Gasteiger partial charge on any atom is 0.235 e. The molecule has 1 N–H and O–H groups in total. The zero-order valence-corrected chi connectivity index (χ0v) is 16.4. The lowest BCUT2D eigenvalue weighted by atomic mass is 10.1. The quantitative estimate of drug-likeness (QED) is 0.564. The number of para-hydroxylation sites is 1. The molecule has 1 fully saturated rings. The number of hydrogen-bond donors (Lipinski definition) is 1. The van der Waals surface area contributed by atoms with Crippen LogP contribution in [0.2, 0.25) is 0 Å². The van der Waals surface area contributed by atoms with Crippen LogP contribution in [0.3, 0.4) is 0 Å². The number of aromatic nitrogens is 1. The first-order chi connectivity index (χ1) is 14.7. The summed E-state index contributed by atoms with van der Waals surface area (Å²) in [6.07, 6.45) is 3.64. The first kappa shape index (κ1) is 18.2. The predicted octanol–water partition coefficient (Wildman–Crippen LogP) is 3.89. The van der Waals surface area contributed by atoms with Gasteiger partial charge in [-0.2, -0.15) is 0 Å². The number of anilines is 2. The van der Waals surface area contributed by atoms with Crippen LogP contribution >= 0.6 is 0 Å². The van der Waals surface area contributed by atoms with E-state index < -0.39 is 5.43 Å². The van der Waals surface area contributed by atoms with E-state index in [1.165, 1.54) is 5.69 Å². The monoisotopic (exact) mass is 399 g/mol. The van der Waals surface area contributed by atoms with Crippen molar-refractivity contribution < 1.29 is 9.52 Å². The highest BCUT2D eigenvalue weighted by Gasteiger charge is 2.19. The van der Waals surface area contributed by atoms with Crippen molar-refractivity contribution in [2.24, 2.45) is 0 Å². The third-order valence-corrected chi connectivity index (χ3v) is 5.58. The van der Waals surface area contributed by atoms with Crippen LogP contribution in [0.1, 0.15) is 0 Å². The molecule has 1 saturated heterocycles. The molecule has 5 rings (SSSR count). The van der Waals surface area contributed by atoms with E-state index in [4.69, 9.17) is 4.42 Å². The van der Waals surface area contributed by atoms with E-state index in [1.54, 1.807) is 24.3 Å². The summed E-state index contributed by atoms with van der Waals surface area (Å²) >= 11 is 0. The van der Waals surface area contributed by atoms with Gasteiger partial charge < -0.3 is 19.3 Å². The smallest absolute Gasteiger partial charge is 0.235 e. The Morgan fingerprint density at radius 2 is 1.40 bits per heavy atom. The van der Waals surface area contributed by atoms with Gasteiger partial charge in [-0.1, -0.05) is 12.1 Å². The van der Waals surface area contributed by atoms with Crippen molar-refractivity contribution in [1.82, 2.24) is 4.98 Å². The number of hydrogen-bond acceptors (Lipinski definition) is 6. The summed E-state index contributed by atoms with van der Waals surface area (Å²) in [5.41, 5.74) is 3.03. The van der Waals surface area contributed by atoms with Crippen LogP contribution in [0.5, 0.6) is 5.75 Å². The number of pyridine rings is 1. The van der Waals surface area contributed by atoms with Crippen LogP contribution in [0, 0.1) is 0 Å². The average molecular weight is 399 g/mol. The van der Waals surface area contributed by atoms with Gasteiger partial charge in [-0.3, -0.25) is 9.78 Å². The summed E-state index contributed by atoms with van der Waals surface area (Å²) in [4.78, 5) is 21.2. The molecule has 1 aliphatic rings. The molecule has 0 radical (unpaired) electrons. The molecule has 0 bridgehead atoms. The highest BCUT2D eigenvalue weighted by Crippen LogP contribution is 2.31. The van der Waals surface area contributed by atoms with Gasteiger partial charge in [0, 0.05) is 55.5 Å². The van der Waals surface area contributed by atoms with E-state index >= 15 is 0 Å². The molecular weight excluding hydrogens is 378 g/mol. The highest BCUT2D eigenvalue weighted by atomic mass is 16.4. The molecule has 150 valence electrons. The summed E-state index contributed by atoms with van der Waals surface area (Å²) in [5.74, 6) is -0.153. The predicted molar refractivity (Wildman–Crippen MR) is 118 cm³/mol. The normalized spacial score (nSPS) is 14.3. The molecule has 6 heteroatoms. The third-order valence-electron chi connectivity index (χ3n) is 5.58. The van der Waals surface area contributed by atoms with Gasteiger partial charge in [0.05, 0.1) is 5.39 Å². The Morgan fingerprint density at radius 3 is 2.07 bits per heavy atom. The standard InChI is InChI=1S/C24H21N3O3/c28-22-20-3-1-2-4-21(20)30-24(23(22)29)17-5-7-18(8-6-17)26-13-15-27(16-14-26)19-9-11-25-12-10-19/h1-12,29H,13-16H2. The summed E-state index contributed by atoms with van der Waals surface area (Å²) < 4.78 is 5.83. The highest BCUT2D eigenvalue weighted by molar-refractivity contribution is 5.81. The molecule has 0 amide bonds. The average Bonchev–Trinajstić information content (AvgIpc) is 2.82. The van der Waals surface area contributed by atoms with E-state index in [1.807, 2.05) is 48.8 Å². The van der Waals surface area contributed by atoms with Crippen molar-refractivity contribution in [3.8, 4) is 17.1 Å². The minimum Gasteiger partial charge on any atom is -0.502 e. The van der Waals surface area contributed by atoms with Crippen LogP contribution in [-0.2, 0) is 0 Å². The lowest BCUT2D eigenvalue weighted by Crippen LogP contribution is -2.46. The lowest BCUT2D eigenvalue weighted by Gasteiger charge is -2.37. The van der Waals surface area contributed by atoms with Gasteiger partial charge in [-0.15, -0.1) is 0 Å². The fraction of sp³-hybridized carbons (Fsp3) is 0.167. The molecule has 2 aromatic heterocycles. The zero-order chi connectivity index (χ0) is 20.5. The molecule has 3 heterocycles. The van der Waals surface area contributed by atoms with Crippen molar-refractivity contribution in [2.75, 3.05) is 36.0 Å². The topological polar surface area (TPSA) is 69.8 Å². The van der Waals surface area contributed by atoms with Crippen molar-refractivity contribution in [3.63, 3.8) is 0 Å². The maximum atomic E-state index is 12.5. The number of fused-ring (bicyclic) bond motifs is 1. The Kier molecular flexibility index (Phi) is 4.59. The number of nitrogens with zero attached hydrogens (tertiary/aromatic N) is 3. The Labute approximate surface area is 173 Å². The first-order valence-corrected chi connectivity index (χ1v) is 9.96. The SMILES string of the molecule is O=c1c(O)c(-c2ccc(N3CCN(c4ccncc4)CC3)cc2)oc2ccccc12. The molecule has 0 aliphatic carbocycles. The second-order valence-electron chi connectivity index (χ2n) is 7.33. The summed E-state index contributed by atoms with van der Waals surface area (Å²) in [7, 11) is 0. The molecule has 0 saturated carbocycles. The fourth-order valence-electron chi connectivity index (χ4n) is 3.93. The molecule has 30 heavy (non-hydrogen) atoms. The molecular formula is C24H21N3O3. The van der Waals surface area contributed by atoms with E-state index in [0.29, 0.717) is 16.5 Å². The van der Waals surface area contributed by atoms with E-state index in [9.17, 15) is 9.90 Å². The van der Waals surface area contributed by atoms with Gasteiger partial charge >= 0.3 is 0 Å². The van der Waals surface area contributed by atoms with E-state index in [0.717, 1.165) is 31.9 Å². The lowest BCUT2D eigenvalue weighted by molar-refractivity contribution is 0.449. The Balaban J connectivity index is 1.36. The van der Waals surface area contributed by atoms with Crippen molar-refractivity contribution in [3.05, 3.63) is 83.3 Å². The van der Waals surface area contributed by atoms with Crippen LogP contribution in [0.4, 0.5) is 11.4 Å². The second-order valence-corrected chi connectivity index (χ2v) is 7.33. The van der Waals surface area contributed by atoms with Gasteiger partial charge in [-0.05, 0) is 48.5 Å². The van der Waals surface area contributed by atoms with Crippen LogP contribution in [0.15, 0.2) is 82.3 Å². The molecule has 2 aromatic carbocycles. The van der Waals surface area contributed by atoms with E-state index in [-0.39, 0.29) is 11.5 Å². The Bertz CT molecular complexity index is 1230. The largest absolute Gasteiger partial charge is 0.502 e. The molecule has 4 aromatic rings. The van der Waals surface area contributed by atoms with Gasteiger partial charge in [0.15, 0.2) is 5.76 Å². The maximum absolute atomic E-state index is 12.5. The van der Waals surface area contributed by atoms with Gasteiger partial charge in [0.1, 0.15) is 5.58 Å². The zero-order valence-electron chi connectivity index (χ0n) is 16.4. The molecule has 0 atom stereocenters. The number of aromatic hydroxyl groups is 1. The van der Waals surface area contributed by atoms with Gasteiger partial charge in [0.2, 0.25) is 11.2 Å². The number of rotatable bonds is 3. The summed E-state index contributed by atoms with van der Waals surface area (Å²) in [6.45, 7) is 3.70. The van der Waals surface area contributed by atoms with Crippen LogP contribution < -0.4 is 15.2 Å². The van der Waals surface area contributed by atoms with Crippen molar-refractivity contribution >= 4 is 22.3 Å². The molecule has 1 aliphatic heterocycles. The minimum absolute atomic E-state index is 0.202. The van der Waals surface area contributed by atoms with Crippen molar-refractivity contribution in [2.45, 2.75) is 0 Å². The molecule has 6 nitrogen and oxygen atoms in total. The number of benzene rings is 2. The van der Waals surface area contributed by atoms with Gasteiger partial charge in [0.25, 0.3) is 0 Å². The summed E-state index contributed by atoms with van der Waals surface area (Å²) in [6, 6.07) is 18.8. The second kappa shape index (κ2) is 7.55. The summed E-state index contributed by atoms with van der Waals surface area (Å²) in [5, 5.41) is 10.8. The Hall–Kier alpha value is -3.80. The fourth-order valence-corrected chi connectivity index (χ4v) is 3.93. The van der Waals surface area contributed by atoms with Crippen molar-refractivity contribution in [1.29, 1.82) is 0 Å². The molecule has 0 unspecified atom stereocenters. The van der Waals surface area contributed by atoms with Crippen LogP contribution in [-0.4, -0.2) is 36.3 Å². The Morgan fingerprint density at radius 1 is 0.800 bits per heavy atom. The number of piperazine rings is 1. The van der Waals surface area contributed by atoms with E-state index in [2.05, 4.69) is 14.8 Å². The third kappa shape index (κ3) is 3.26. The first-order valence-electron chi connectivity index (χ1n) is 9.96. The van der Waals surface area contributed by atoms with Gasteiger partial charge in [-0.25, -0.2) is 0 Å². The van der Waals surface area contributed by atoms with Crippen LogP contribution in [0.25, 0.3) is 22.3 Å². The molecule has 0 spiro atoms. The minimum atomic E-state index is -0.414.